The number of hydrogen-bond donors (Lipinski definition) is 0. The Morgan fingerprint density at radius 3 is 2.23 bits per heavy atom. The van der Waals surface area contributed by atoms with Crippen LogP contribution in [0, 0.1) is 11.7 Å². The van der Waals surface area contributed by atoms with Crippen LogP contribution in [0.3, 0.4) is 0 Å². The largest absolute Gasteiger partial charge is 0.366 e. The van der Waals surface area contributed by atoms with Crippen molar-refractivity contribution >= 4 is 23.3 Å². The van der Waals surface area contributed by atoms with Gasteiger partial charge in [0.15, 0.2) is 5.78 Å². The highest BCUT2D eigenvalue weighted by Gasteiger charge is 2.39. The van der Waals surface area contributed by atoms with E-state index < -0.39 is 5.82 Å². The summed E-state index contributed by atoms with van der Waals surface area (Å²) >= 11 is 0. The number of likely N-dealkylation sites (tertiary alicyclic amines) is 1. The van der Waals surface area contributed by atoms with Gasteiger partial charge in [-0.2, -0.15) is 0 Å². The third kappa shape index (κ3) is 4.60. The topological polar surface area (TPSA) is 60.9 Å². The minimum atomic E-state index is -0.410. The van der Waals surface area contributed by atoms with Crippen molar-refractivity contribution < 1.29 is 18.8 Å². The second-order valence-electron chi connectivity index (χ2n) is 9.06. The molecule has 4 rings (SSSR count). The molecule has 2 saturated heterocycles. The van der Waals surface area contributed by atoms with E-state index in [0.29, 0.717) is 44.0 Å². The van der Waals surface area contributed by atoms with Crippen LogP contribution in [0.1, 0.15) is 62.2 Å². The first kappa shape index (κ1) is 21.8. The first-order valence-electron chi connectivity index (χ1n) is 11.6. The molecule has 2 amide bonds. The molecular formula is C24H32FN3O3. The molecule has 1 aromatic carbocycles. The lowest BCUT2D eigenvalue weighted by atomic mass is 9.88. The molecule has 0 N–H and O–H groups in total. The molecule has 3 aliphatic rings. The Morgan fingerprint density at radius 1 is 0.871 bits per heavy atom. The molecule has 1 unspecified atom stereocenters. The summed E-state index contributed by atoms with van der Waals surface area (Å²) in [6, 6.07) is 4.23. The number of piperazine rings is 1. The van der Waals surface area contributed by atoms with Gasteiger partial charge in [-0.25, -0.2) is 4.39 Å². The van der Waals surface area contributed by atoms with Crippen molar-refractivity contribution in [2.75, 3.05) is 37.6 Å². The van der Waals surface area contributed by atoms with E-state index in [0.717, 1.165) is 38.5 Å². The second kappa shape index (κ2) is 9.37. The maximum absolute atomic E-state index is 14.5. The third-order valence-electron chi connectivity index (χ3n) is 7.06. The van der Waals surface area contributed by atoms with E-state index in [2.05, 4.69) is 0 Å². The molecule has 2 aliphatic heterocycles. The minimum absolute atomic E-state index is 0.0358. The van der Waals surface area contributed by atoms with Gasteiger partial charge in [-0.3, -0.25) is 14.4 Å². The number of anilines is 1. The molecule has 3 fully saturated rings. The van der Waals surface area contributed by atoms with Crippen LogP contribution >= 0.6 is 0 Å². The quantitative estimate of drug-likeness (QED) is 0.690. The van der Waals surface area contributed by atoms with E-state index in [4.69, 9.17) is 0 Å². The number of nitrogens with zero attached hydrogens (tertiary/aromatic N) is 3. The normalized spacial score (nSPS) is 22.6. The number of carbonyl (C=O) groups is 3. The average molecular weight is 430 g/mol. The Bertz CT molecular complexity index is 844. The molecule has 1 aromatic rings. The SMILES string of the molecule is CC(=O)c1ccc(N2CCN(C(=O)C3CCCN3C(=O)C3CCCCC3)CC2)c(F)c1. The molecule has 0 bridgehead atoms. The lowest BCUT2D eigenvalue weighted by Gasteiger charge is -2.39. The average Bonchev–Trinajstić information content (AvgIpc) is 3.28. The van der Waals surface area contributed by atoms with Gasteiger partial charge in [0.05, 0.1) is 5.69 Å². The molecule has 0 aromatic heterocycles. The molecule has 0 radical (unpaired) electrons. The molecule has 1 aliphatic carbocycles. The van der Waals surface area contributed by atoms with Crippen LogP contribution in [0.4, 0.5) is 10.1 Å². The summed E-state index contributed by atoms with van der Waals surface area (Å²) in [5, 5.41) is 0. The number of halogens is 1. The van der Waals surface area contributed by atoms with Gasteiger partial charge in [0.25, 0.3) is 0 Å². The summed E-state index contributed by atoms with van der Waals surface area (Å²) in [5.74, 6) is -0.284. The lowest BCUT2D eigenvalue weighted by molar-refractivity contribution is -0.146. The monoisotopic (exact) mass is 429 g/mol. The van der Waals surface area contributed by atoms with Crippen LogP contribution in [0.2, 0.25) is 0 Å². The standard InChI is InChI=1S/C24H32FN3O3/c1-17(29)19-9-10-21(20(25)16-19)26-12-14-27(15-13-26)24(31)22-8-5-11-28(22)23(30)18-6-3-2-4-7-18/h9-10,16,18,22H,2-8,11-15H2,1H3. The second-order valence-corrected chi connectivity index (χ2v) is 9.06. The van der Waals surface area contributed by atoms with Gasteiger partial charge < -0.3 is 14.7 Å². The zero-order valence-corrected chi connectivity index (χ0v) is 18.3. The summed E-state index contributed by atoms with van der Waals surface area (Å²) in [4.78, 5) is 43.3. The van der Waals surface area contributed by atoms with Crippen LogP contribution in [0.5, 0.6) is 0 Å². The highest BCUT2D eigenvalue weighted by Crippen LogP contribution is 2.30. The first-order valence-corrected chi connectivity index (χ1v) is 11.6. The van der Waals surface area contributed by atoms with Crippen molar-refractivity contribution in [1.82, 2.24) is 9.80 Å². The van der Waals surface area contributed by atoms with Gasteiger partial charge in [-0.1, -0.05) is 19.3 Å². The fourth-order valence-electron chi connectivity index (χ4n) is 5.23. The molecule has 1 atom stereocenters. The van der Waals surface area contributed by atoms with Crippen molar-refractivity contribution in [3.63, 3.8) is 0 Å². The summed E-state index contributed by atoms with van der Waals surface area (Å²) in [7, 11) is 0. The van der Waals surface area contributed by atoms with E-state index in [1.54, 1.807) is 12.1 Å². The summed E-state index contributed by atoms with van der Waals surface area (Å²) in [6.07, 6.45) is 6.92. The molecule has 1 saturated carbocycles. The molecular weight excluding hydrogens is 397 g/mol. The number of Topliss-reactive ketones (excluding diaryl/α,β-unsaturated/α-hetero) is 1. The highest BCUT2D eigenvalue weighted by molar-refractivity contribution is 5.94. The highest BCUT2D eigenvalue weighted by atomic mass is 19.1. The van der Waals surface area contributed by atoms with Gasteiger partial charge in [0, 0.05) is 44.2 Å². The van der Waals surface area contributed by atoms with Gasteiger partial charge in [-0.05, 0) is 50.8 Å². The van der Waals surface area contributed by atoms with Crippen molar-refractivity contribution in [2.24, 2.45) is 5.92 Å². The van der Waals surface area contributed by atoms with E-state index in [1.807, 2.05) is 14.7 Å². The molecule has 6 nitrogen and oxygen atoms in total. The van der Waals surface area contributed by atoms with Gasteiger partial charge in [0.2, 0.25) is 11.8 Å². The number of hydrogen-bond acceptors (Lipinski definition) is 4. The van der Waals surface area contributed by atoms with Gasteiger partial charge >= 0.3 is 0 Å². The molecule has 7 heteroatoms. The van der Waals surface area contributed by atoms with E-state index in [1.165, 1.54) is 19.4 Å². The number of amides is 2. The van der Waals surface area contributed by atoms with E-state index >= 15 is 0 Å². The van der Waals surface area contributed by atoms with Crippen LogP contribution < -0.4 is 4.90 Å². The van der Waals surface area contributed by atoms with Crippen LogP contribution in [-0.4, -0.2) is 66.2 Å². The molecule has 168 valence electrons. The molecule has 31 heavy (non-hydrogen) atoms. The zero-order valence-electron chi connectivity index (χ0n) is 18.3. The fraction of sp³-hybridized carbons (Fsp3) is 0.625. The summed E-state index contributed by atoms with van der Waals surface area (Å²) in [6.45, 7) is 4.18. The zero-order chi connectivity index (χ0) is 22.0. The van der Waals surface area contributed by atoms with Crippen molar-refractivity contribution in [2.45, 2.75) is 57.9 Å². The Balaban J connectivity index is 1.36. The number of ketones is 1. The van der Waals surface area contributed by atoms with Crippen molar-refractivity contribution in [3.05, 3.63) is 29.6 Å². The maximum atomic E-state index is 14.5. The predicted octanol–water partition coefficient (Wildman–Crippen LogP) is 3.25. The van der Waals surface area contributed by atoms with Crippen LogP contribution in [0.15, 0.2) is 18.2 Å². The van der Waals surface area contributed by atoms with Gasteiger partial charge in [0.1, 0.15) is 11.9 Å². The number of rotatable bonds is 4. The summed E-state index contributed by atoms with van der Waals surface area (Å²) in [5.41, 5.74) is 0.825. The van der Waals surface area contributed by atoms with E-state index in [9.17, 15) is 18.8 Å². The Kier molecular flexibility index (Phi) is 6.58. The Hall–Kier alpha value is -2.44. The third-order valence-corrected chi connectivity index (χ3v) is 7.06. The summed E-state index contributed by atoms with van der Waals surface area (Å²) < 4.78 is 14.5. The maximum Gasteiger partial charge on any atom is 0.245 e. The van der Waals surface area contributed by atoms with Crippen molar-refractivity contribution in [3.8, 4) is 0 Å². The molecule has 2 heterocycles. The van der Waals surface area contributed by atoms with Crippen LogP contribution in [-0.2, 0) is 9.59 Å². The number of carbonyl (C=O) groups excluding carboxylic acids is 3. The fourth-order valence-corrected chi connectivity index (χ4v) is 5.23. The number of benzene rings is 1. The first-order chi connectivity index (χ1) is 15.0. The Labute approximate surface area is 183 Å². The van der Waals surface area contributed by atoms with E-state index in [-0.39, 0.29) is 29.6 Å². The van der Waals surface area contributed by atoms with Gasteiger partial charge in [-0.15, -0.1) is 0 Å². The Morgan fingerprint density at radius 2 is 1.58 bits per heavy atom. The van der Waals surface area contributed by atoms with Crippen molar-refractivity contribution in [1.29, 1.82) is 0 Å². The minimum Gasteiger partial charge on any atom is -0.366 e. The predicted molar refractivity (Wildman–Crippen MR) is 117 cm³/mol. The lowest BCUT2D eigenvalue weighted by Crippen LogP contribution is -2.55. The smallest absolute Gasteiger partial charge is 0.245 e. The molecule has 0 spiro atoms. The van der Waals surface area contributed by atoms with Crippen LogP contribution in [0.25, 0.3) is 0 Å².